The molecule has 1 aromatic rings. The summed E-state index contributed by atoms with van der Waals surface area (Å²) in [7, 11) is -2.07. The summed E-state index contributed by atoms with van der Waals surface area (Å²) in [6.45, 7) is 18.4. The molecule has 0 aromatic heterocycles. The Kier molecular flexibility index (Phi) is 7.88. The van der Waals surface area contributed by atoms with E-state index in [0.29, 0.717) is 22.5 Å². The molecular formula is C24H39FOSi. The zero-order valence-corrected chi connectivity index (χ0v) is 19.2. The number of benzene rings is 1. The van der Waals surface area contributed by atoms with E-state index in [0.717, 1.165) is 5.56 Å². The molecule has 2 rings (SSSR count). The van der Waals surface area contributed by atoms with Gasteiger partial charge in [0.1, 0.15) is 5.82 Å². The maximum absolute atomic E-state index is 13.6. The second kappa shape index (κ2) is 9.51. The third-order valence-electron chi connectivity index (χ3n) is 6.67. The van der Waals surface area contributed by atoms with Crippen molar-refractivity contribution in [2.75, 3.05) is 0 Å². The second-order valence-corrected chi connectivity index (χ2v) is 14.7. The molecule has 1 atom stereocenters. The minimum Gasteiger partial charge on any atom is -0.405 e. The fraction of sp³-hybridized carbons (Fsp3) is 0.667. The van der Waals surface area contributed by atoms with Crippen LogP contribution in [0.1, 0.15) is 85.3 Å². The lowest BCUT2D eigenvalue weighted by molar-refractivity contribution is 0.189. The van der Waals surface area contributed by atoms with Crippen molar-refractivity contribution >= 4 is 8.32 Å². The van der Waals surface area contributed by atoms with Gasteiger partial charge in [0.2, 0.25) is 8.32 Å². The molecule has 0 spiro atoms. The minimum absolute atomic E-state index is 0.118. The van der Waals surface area contributed by atoms with Crippen LogP contribution < -0.4 is 0 Å². The van der Waals surface area contributed by atoms with Gasteiger partial charge in [-0.15, -0.1) is 0 Å². The fourth-order valence-corrected chi connectivity index (χ4v) is 10.8. The van der Waals surface area contributed by atoms with Crippen LogP contribution in [0.15, 0.2) is 36.4 Å². The predicted octanol–water partition coefficient (Wildman–Crippen LogP) is 8.20. The first-order valence-corrected chi connectivity index (χ1v) is 13.0. The second-order valence-electron chi connectivity index (χ2n) is 9.28. The van der Waals surface area contributed by atoms with Crippen molar-refractivity contribution in [2.24, 2.45) is 5.92 Å². The van der Waals surface area contributed by atoms with Crippen LogP contribution in [0.3, 0.4) is 0 Å². The molecule has 1 nitrogen and oxygen atoms in total. The molecule has 1 aliphatic carbocycles. The molecule has 1 fully saturated rings. The maximum atomic E-state index is 13.6. The van der Waals surface area contributed by atoms with Gasteiger partial charge in [0.05, 0.1) is 6.10 Å². The third-order valence-corrected chi connectivity index (χ3v) is 12.7. The van der Waals surface area contributed by atoms with Crippen molar-refractivity contribution < 1.29 is 8.82 Å². The average molecular weight is 391 g/mol. The molecule has 1 aromatic carbocycles. The van der Waals surface area contributed by atoms with E-state index >= 15 is 0 Å². The van der Waals surface area contributed by atoms with Gasteiger partial charge >= 0.3 is 0 Å². The van der Waals surface area contributed by atoms with Crippen LogP contribution >= 0.6 is 0 Å². The van der Waals surface area contributed by atoms with Gasteiger partial charge in [0.15, 0.2) is 0 Å². The molecular weight excluding hydrogens is 351 g/mol. The zero-order valence-electron chi connectivity index (χ0n) is 18.2. The van der Waals surface area contributed by atoms with Crippen LogP contribution in [0.5, 0.6) is 0 Å². The summed E-state index contributed by atoms with van der Waals surface area (Å²) >= 11 is 0. The third kappa shape index (κ3) is 4.92. The largest absolute Gasteiger partial charge is 0.405 e. The molecule has 27 heavy (non-hydrogen) atoms. The fourth-order valence-electron chi connectivity index (χ4n) is 5.30. The monoisotopic (exact) mass is 390 g/mol. The Labute approximate surface area is 167 Å². The highest BCUT2D eigenvalue weighted by atomic mass is 28.4. The SMILES string of the molecule is C=C(C1CCCCC1)C(O[Si](C(C)C)(C(C)C)C(C)C)c1ccc(F)cc1. The molecule has 0 amide bonds. The Bertz CT molecular complexity index is 578. The van der Waals surface area contributed by atoms with Crippen molar-refractivity contribution in [2.45, 2.75) is 96.4 Å². The molecule has 3 heteroatoms. The topological polar surface area (TPSA) is 9.23 Å². The lowest BCUT2D eigenvalue weighted by Gasteiger charge is -2.46. The van der Waals surface area contributed by atoms with Crippen molar-refractivity contribution in [1.29, 1.82) is 0 Å². The van der Waals surface area contributed by atoms with Crippen LogP contribution in [0.4, 0.5) is 4.39 Å². The van der Waals surface area contributed by atoms with Crippen molar-refractivity contribution in [1.82, 2.24) is 0 Å². The van der Waals surface area contributed by atoms with Crippen LogP contribution in [-0.4, -0.2) is 8.32 Å². The van der Waals surface area contributed by atoms with E-state index in [4.69, 9.17) is 4.43 Å². The lowest BCUT2D eigenvalue weighted by atomic mass is 9.81. The number of hydrogen-bond acceptors (Lipinski definition) is 1. The van der Waals surface area contributed by atoms with Gasteiger partial charge in [-0.1, -0.05) is 79.5 Å². The van der Waals surface area contributed by atoms with Crippen molar-refractivity contribution in [3.63, 3.8) is 0 Å². The Morgan fingerprint density at radius 3 is 1.85 bits per heavy atom. The summed E-state index contributed by atoms with van der Waals surface area (Å²) in [5, 5.41) is 0. The highest BCUT2D eigenvalue weighted by molar-refractivity contribution is 6.77. The number of rotatable bonds is 8. The Hall–Kier alpha value is -0.933. The van der Waals surface area contributed by atoms with Crippen LogP contribution in [0.25, 0.3) is 0 Å². The van der Waals surface area contributed by atoms with Gasteiger partial charge in [-0.3, -0.25) is 0 Å². The van der Waals surface area contributed by atoms with Crippen LogP contribution in [0.2, 0.25) is 16.6 Å². The summed E-state index contributed by atoms with van der Waals surface area (Å²) in [6.07, 6.45) is 6.18. The van der Waals surface area contributed by atoms with Gasteiger partial charge in [0.25, 0.3) is 0 Å². The first-order chi connectivity index (χ1) is 12.7. The molecule has 0 heterocycles. The highest BCUT2D eigenvalue weighted by Gasteiger charge is 2.47. The summed E-state index contributed by atoms with van der Waals surface area (Å²) in [6, 6.07) is 6.91. The average Bonchev–Trinajstić information content (AvgIpc) is 2.63. The van der Waals surface area contributed by atoms with Gasteiger partial charge in [-0.05, 0) is 58.7 Å². The van der Waals surface area contributed by atoms with E-state index in [1.165, 1.54) is 37.7 Å². The molecule has 0 bridgehead atoms. The van der Waals surface area contributed by atoms with Gasteiger partial charge in [-0.2, -0.15) is 0 Å². The summed E-state index contributed by atoms with van der Waals surface area (Å²) in [5.74, 6) is 0.327. The molecule has 0 N–H and O–H groups in total. The molecule has 0 radical (unpaired) electrons. The smallest absolute Gasteiger partial charge is 0.201 e. The standard InChI is InChI=1S/C24H39FOSi/c1-17(2)27(18(3)4,19(5)6)26-24(22-13-15-23(25)16-14-22)20(7)21-11-9-8-10-12-21/h13-19,21,24H,7-12H2,1-6H3. The summed E-state index contributed by atoms with van der Waals surface area (Å²) in [5.41, 5.74) is 3.81. The molecule has 1 saturated carbocycles. The van der Waals surface area contributed by atoms with E-state index < -0.39 is 8.32 Å². The van der Waals surface area contributed by atoms with E-state index in [2.05, 4.69) is 48.1 Å². The van der Waals surface area contributed by atoms with Gasteiger partial charge < -0.3 is 4.43 Å². The van der Waals surface area contributed by atoms with Crippen LogP contribution in [-0.2, 0) is 4.43 Å². The van der Waals surface area contributed by atoms with Gasteiger partial charge in [-0.25, -0.2) is 4.39 Å². The quantitative estimate of drug-likeness (QED) is 0.321. The van der Waals surface area contributed by atoms with Crippen molar-refractivity contribution in [3.8, 4) is 0 Å². The molecule has 0 saturated heterocycles. The number of hydrogen-bond donors (Lipinski definition) is 0. The first kappa shape index (κ1) is 22.4. The Morgan fingerprint density at radius 2 is 1.41 bits per heavy atom. The maximum Gasteiger partial charge on any atom is 0.201 e. The molecule has 1 aliphatic rings. The van der Waals surface area contributed by atoms with Crippen molar-refractivity contribution in [3.05, 3.63) is 47.8 Å². The number of halogens is 1. The van der Waals surface area contributed by atoms with E-state index in [9.17, 15) is 4.39 Å². The minimum atomic E-state index is -2.07. The van der Waals surface area contributed by atoms with Gasteiger partial charge in [0, 0.05) is 0 Å². The van der Waals surface area contributed by atoms with E-state index in [-0.39, 0.29) is 11.9 Å². The molecule has 0 aliphatic heterocycles. The molecule has 1 unspecified atom stereocenters. The van der Waals surface area contributed by atoms with Crippen LogP contribution in [0, 0.1) is 11.7 Å². The van der Waals surface area contributed by atoms with E-state index in [1.807, 2.05) is 12.1 Å². The lowest BCUT2D eigenvalue weighted by Crippen LogP contribution is -2.49. The Morgan fingerprint density at radius 1 is 0.926 bits per heavy atom. The summed E-state index contributed by atoms with van der Waals surface area (Å²) < 4.78 is 20.8. The molecule has 152 valence electrons. The Balaban J connectivity index is 2.44. The highest BCUT2D eigenvalue weighted by Crippen LogP contribution is 2.48. The zero-order chi connectivity index (χ0) is 20.2. The van der Waals surface area contributed by atoms with E-state index in [1.54, 1.807) is 12.1 Å². The predicted molar refractivity (Wildman–Crippen MR) is 117 cm³/mol. The summed E-state index contributed by atoms with van der Waals surface area (Å²) in [4.78, 5) is 0. The first-order valence-electron chi connectivity index (χ1n) is 10.8. The normalized spacial score (nSPS) is 17.7.